The lowest BCUT2D eigenvalue weighted by Crippen LogP contribution is -2.58. The van der Waals surface area contributed by atoms with E-state index in [0.717, 1.165) is 45.2 Å². The molecule has 4 fully saturated rings. The Kier molecular flexibility index (Phi) is 6.07. The van der Waals surface area contributed by atoms with Gasteiger partial charge in [0.05, 0.1) is 16.6 Å². The highest BCUT2D eigenvalue weighted by Crippen LogP contribution is 2.44. The van der Waals surface area contributed by atoms with Gasteiger partial charge in [0.2, 0.25) is 0 Å². The molecule has 0 aliphatic carbocycles. The van der Waals surface area contributed by atoms with E-state index in [0.29, 0.717) is 70.3 Å². The third-order valence-electron chi connectivity index (χ3n) is 11.1. The minimum absolute atomic E-state index is 0.0128. The summed E-state index contributed by atoms with van der Waals surface area (Å²) in [5.41, 5.74) is 1.04. The average molecular weight is 617 g/mol. The molecule has 5 atom stereocenters. The van der Waals surface area contributed by atoms with Crippen molar-refractivity contribution >= 4 is 27.5 Å². The Morgan fingerprint density at radius 3 is 2.87 bits per heavy atom. The van der Waals surface area contributed by atoms with Gasteiger partial charge in [0.25, 0.3) is 0 Å². The second kappa shape index (κ2) is 9.90. The van der Waals surface area contributed by atoms with Crippen LogP contribution in [0.4, 0.5) is 19.0 Å². The largest absolute Gasteiger partial charge is 0.508 e. The number of nitrogens with zero attached hydrogens (tertiary/aromatic N) is 5. The number of rotatable bonds is 4. The number of alkyl halides is 1. The Morgan fingerprint density at radius 1 is 1.09 bits per heavy atom. The summed E-state index contributed by atoms with van der Waals surface area (Å²) in [7, 11) is 0. The second-order valence-corrected chi connectivity index (χ2v) is 13.7. The number of aromatic nitrogens is 3. The highest BCUT2D eigenvalue weighted by Gasteiger charge is 2.50. The number of piperazine rings is 1. The van der Waals surface area contributed by atoms with Crippen molar-refractivity contribution in [1.82, 2.24) is 25.2 Å². The van der Waals surface area contributed by atoms with Crippen LogP contribution in [0.2, 0.25) is 0 Å². The number of halogens is 3. The Balaban J connectivity index is 1.24. The summed E-state index contributed by atoms with van der Waals surface area (Å²) in [5.74, 6) is -0.524. The van der Waals surface area contributed by atoms with Crippen molar-refractivity contribution in [1.29, 1.82) is 0 Å². The Hall–Kier alpha value is -3.70. The number of aromatic hydroxyl groups is 1. The van der Waals surface area contributed by atoms with Crippen LogP contribution in [-0.4, -0.2) is 81.0 Å². The molecule has 9 rings (SSSR count). The third-order valence-corrected chi connectivity index (χ3v) is 11.1. The van der Waals surface area contributed by atoms with Gasteiger partial charge in [0, 0.05) is 43.2 Å². The number of hydrogen-bond donors (Lipinski definition) is 2. The number of aryl methyl sites for hydroxylation is 2. The highest BCUT2D eigenvalue weighted by molar-refractivity contribution is 6.02. The molecule has 0 unspecified atom stereocenters. The average Bonchev–Trinajstić information content (AvgIpc) is 3.65. The van der Waals surface area contributed by atoms with Crippen LogP contribution in [0.5, 0.6) is 11.8 Å². The molecule has 4 saturated heterocycles. The van der Waals surface area contributed by atoms with Crippen LogP contribution in [0.1, 0.15) is 49.8 Å². The zero-order chi connectivity index (χ0) is 30.6. The summed E-state index contributed by atoms with van der Waals surface area (Å²) in [6, 6.07) is 6.75. The zero-order valence-electron chi connectivity index (χ0n) is 25.1. The lowest BCUT2D eigenvalue weighted by atomic mass is 9.95. The first-order valence-corrected chi connectivity index (χ1v) is 16.1. The maximum Gasteiger partial charge on any atom is 0.319 e. The van der Waals surface area contributed by atoms with Gasteiger partial charge in [-0.1, -0.05) is 6.07 Å². The van der Waals surface area contributed by atoms with Crippen molar-refractivity contribution in [3.63, 3.8) is 0 Å². The maximum atomic E-state index is 17.0. The van der Waals surface area contributed by atoms with Crippen LogP contribution in [0.15, 0.2) is 24.3 Å². The van der Waals surface area contributed by atoms with E-state index in [9.17, 15) is 13.9 Å². The Labute approximate surface area is 258 Å². The normalized spacial score (nSPS) is 28.9. The van der Waals surface area contributed by atoms with E-state index in [-0.39, 0.29) is 35.6 Å². The van der Waals surface area contributed by atoms with Gasteiger partial charge in [-0.15, -0.1) is 0 Å². The molecule has 0 amide bonds. The van der Waals surface area contributed by atoms with E-state index in [2.05, 4.69) is 15.1 Å². The maximum absolute atomic E-state index is 17.0. The number of phenols is 1. The summed E-state index contributed by atoms with van der Waals surface area (Å²) in [6.07, 6.45) is 4.86. The molecular formula is C34H35F3N6O2. The standard InChI is InChI=1S/C34H35F3N6O2/c1-17-23(36)5-3-18-11-21(44)12-22(27(17)18)30-29(37)31-28-25(39-30)7-8-26-24-6-4-20(38-24)15-43(26)32(28)41-33(40-31)45-16-34-9-2-10-42(34)14-19(35)13-34/h3,5,11-12,19-20,24,26,38,44H,2,4,6-10,13-16H2,1H3/t19-,20-,24+,26+,34+/m1/s1. The lowest BCUT2D eigenvalue weighted by molar-refractivity contribution is 0.107. The van der Waals surface area contributed by atoms with Crippen LogP contribution in [0.3, 0.4) is 0 Å². The molecule has 0 spiro atoms. The molecule has 234 valence electrons. The van der Waals surface area contributed by atoms with Gasteiger partial charge in [-0.3, -0.25) is 4.90 Å². The van der Waals surface area contributed by atoms with E-state index in [1.54, 1.807) is 19.1 Å². The van der Waals surface area contributed by atoms with E-state index in [1.807, 2.05) is 0 Å². The number of pyridine rings is 1. The van der Waals surface area contributed by atoms with Crippen molar-refractivity contribution in [3.05, 3.63) is 47.2 Å². The molecule has 5 aliphatic rings. The molecule has 4 aromatic rings. The molecule has 5 aliphatic heterocycles. The third kappa shape index (κ3) is 4.15. The zero-order valence-corrected chi connectivity index (χ0v) is 25.1. The van der Waals surface area contributed by atoms with Gasteiger partial charge in [0.15, 0.2) is 5.82 Å². The summed E-state index contributed by atoms with van der Waals surface area (Å²) < 4.78 is 52.7. The first-order chi connectivity index (χ1) is 21.8. The van der Waals surface area contributed by atoms with Crippen molar-refractivity contribution in [2.24, 2.45) is 0 Å². The van der Waals surface area contributed by atoms with Gasteiger partial charge in [0.1, 0.15) is 41.4 Å². The number of fused-ring (bicyclic) bond motifs is 7. The number of ether oxygens (including phenoxy) is 1. The quantitative estimate of drug-likeness (QED) is 0.318. The second-order valence-electron chi connectivity index (χ2n) is 13.7. The number of hydrogen-bond acceptors (Lipinski definition) is 8. The first-order valence-electron chi connectivity index (χ1n) is 16.1. The summed E-state index contributed by atoms with van der Waals surface area (Å²) >= 11 is 0. The number of phenolic OH excluding ortho intramolecular Hbond substituents is 1. The van der Waals surface area contributed by atoms with Crippen molar-refractivity contribution in [2.75, 3.05) is 31.1 Å². The van der Waals surface area contributed by atoms with Gasteiger partial charge >= 0.3 is 6.01 Å². The summed E-state index contributed by atoms with van der Waals surface area (Å²) in [5, 5.41) is 16.0. The molecule has 0 saturated carbocycles. The van der Waals surface area contributed by atoms with Crippen molar-refractivity contribution in [2.45, 2.75) is 81.7 Å². The molecule has 2 aromatic heterocycles. The van der Waals surface area contributed by atoms with Gasteiger partial charge < -0.3 is 20.1 Å². The first kappa shape index (κ1) is 27.6. The summed E-state index contributed by atoms with van der Waals surface area (Å²) in [6.45, 7) is 3.87. The highest BCUT2D eigenvalue weighted by atomic mass is 19.1. The Morgan fingerprint density at radius 2 is 1.98 bits per heavy atom. The van der Waals surface area contributed by atoms with E-state index >= 15 is 4.39 Å². The molecule has 2 bridgehead atoms. The van der Waals surface area contributed by atoms with Crippen LogP contribution in [0, 0.1) is 18.6 Å². The minimum atomic E-state index is -0.896. The van der Waals surface area contributed by atoms with Gasteiger partial charge in [-0.05, 0) is 86.5 Å². The molecule has 2 aromatic carbocycles. The smallest absolute Gasteiger partial charge is 0.319 e. The molecule has 0 radical (unpaired) electrons. The van der Waals surface area contributed by atoms with E-state index in [4.69, 9.17) is 19.7 Å². The number of benzene rings is 2. The predicted octanol–water partition coefficient (Wildman–Crippen LogP) is 5.35. The molecule has 8 nitrogen and oxygen atoms in total. The van der Waals surface area contributed by atoms with Crippen LogP contribution in [-0.2, 0) is 6.42 Å². The van der Waals surface area contributed by atoms with Gasteiger partial charge in [-0.25, -0.2) is 18.2 Å². The van der Waals surface area contributed by atoms with Crippen molar-refractivity contribution < 1.29 is 23.0 Å². The lowest BCUT2D eigenvalue weighted by Gasteiger charge is -2.41. The van der Waals surface area contributed by atoms with Crippen LogP contribution in [0.25, 0.3) is 32.9 Å². The minimum Gasteiger partial charge on any atom is -0.508 e. The molecule has 7 heterocycles. The fourth-order valence-electron chi connectivity index (χ4n) is 9.05. The monoisotopic (exact) mass is 616 g/mol. The fourth-order valence-corrected chi connectivity index (χ4v) is 9.05. The number of nitrogens with one attached hydrogen (secondary N) is 1. The number of anilines is 1. The molecular weight excluding hydrogens is 581 g/mol. The SMILES string of the molecule is Cc1c(F)ccc2cc(O)cc(-c3nc4c5c(nc(OC[C@@]67CCCN6C[C@H](F)C7)nc5c3F)N3C[C@H]5CC[C@H](N5)[C@@H]3CC4)c12. The molecule has 2 N–H and O–H groups in total. The fraction of sp³-hybridized carbons (Fsp3) is 0.500. The van der Waals surface area contributed by atoms with Gasteiger partial charge in [-0.2, -0.15) is 9.97 Å². The van der Waals surface area contributed by atoms with Crippen molar-refractivity contribution in [3.8, 4) is 23.0 Å². The van der Waals surface area contributed by atoms with Crippen LogP contribution >= 0.6 is 0 Å². The van der Waals surface area contributed by atoms with Crippen LogP contribution < -0.4 is 15.0 Å². The summed E-state index contributed by atoms with van der Waals surface area (Å²) in [4.78, 5) is 19.0. The predicted molar refractivity (Wildman–Crippen MR) is 165 cm³/mol. The Bertz CT molecular complexity index is 1890. The molecule has 11 heteroatoms. The topological polar surface area (TPSA) is 86.6 Å². The molecule has 45 heavy (non-hydrogen) atoms. The van der Waals surface area contributed by atoms with E-state index in [1.165, 1.54) is 12.1 Å². The van der Waals surface area contributed by atoms with E-state index < -0.39 is 23.3 Å².